The Hall–Kier alpha value is -2.54. The largest absolute Gasteiger partial charge is 0.496 e. The number of thioether (sulfide) groups is 1. The second kappa shape index (κ2) is 8.19. The van der Waals surface area contributed by atoms with E-state index in [2.05, 4.69) is 4.99 Å². The molecule has 2 aromatic carbocycles. The molecule has 0 aliphatic carbocycles. The normalized spacial score (nSPS) is 11.3. The fraction of sp³-hybridized carbons (Fsp3) is 0.188. The summed E-state index contributed by atoms with van der Waals surface area (Å²) in [5.74, 6) is 1.39. The topological polar surface area (TPSA) is 90.8 Å². The summed E-state index contributed by atoms with van der Waals surface area (Å²) in [5.41, 5.74) is 7.90. The molecule has 0 unspecified atom stereocenters. The summed E-state index contributed by atoms with van der Waals surface area (Å²) in [6, 6.07) is 14.1. The van der Waals surface area contributed by atoms with Crippen molar-refractivity contribution in [2.24, 2.45) is 10.7 Å². The van der Waals surface area contributed by atoms with E-state index in [4.69, 9.17) is 10.5 Å². The average molecular weight is 331 g/mol. The van der Waals surface area contributed by atoms with E-state index in [1.54, 1.807) is 19.2 Å². The molecule has 0 atom stereocenters. The highest BCUT2D eigenvalue weighted by Gasteiger charge is 2.05. The van der Waals surface area contributed by atoms with Crippen LogP contribution in [0.15, 0.2) is 53.5 Å². The number of amidine groups is 1. The highest BCUT2D eigenvalue weighted by molar-refractivity contribution is 8.13. The molecular formula is C16H17N3O3S. The molecule has 0 aliphatic rings. The molecular weight excluding hydrogens is 314 g/mol. The van der Waals surface area contributed by atoms with E-state index in [-0.39, 0.29) is 5.69 Å². The maximum Gasteiger partial charge on any atom is 0.269 e. The summed E-state index contributed by atoms with van der Waals surface area (Å²) >= 11 is 1.39. The Morgan fingerprint density at radius 2 is 1.96 bits per heavy atom. The maximum absolute atomic E-state index is 10.6. The van der Waals surface area contributed by atoms with Crippen LogP contribution in [0.4, 0.5) is 5.69 Å². The molecule has 23 heavy (non-hydrogen) atoms. The summed E-state index contributed by atoms with van der Waals surface area (Å²) < 4.78 is 5.27. The third kappa shape index (κ3) is 5.00. The highest BCUT2D eigenvalue weighted by Crippen LogP contribution is 2.20. The van der Waals surface area contributed by atoms with Crippen LogP contribution in [0.2, 0.25) is 0 Å². The van der Waals surface area contributed by atoms with Gasteiger partial charge >= 0.3 is 0 Å². The summed E-state index contributed by atoms with van der Waals surface area (Å²) in [7, 11) is 1.62. The number of aliphatic imine (C=N–C) groups is 1. The molecule has 7 heteroatoms. The molecule has 0 spiro atoms. The number of methoxy groups -OCH3 is 1. The maximum atomic E-state index is 10.6. The van der Waals surface area contributed by atoms with Crippen molar-refractivity contribution in [2.75, 3.05) is 7.11 Å². The molecule has 120 valence electrons. The number of nitrogens with zero attached hydrogens (tertiary/aromatic N) is 2. The fourth-order valence-corrected chi connectivity index (χ4v) is 2.58. The van der Waals surface area contributed by atoms with E-state index >= 15 is 0 Å². The van der Waals surface area contributed by atoms with Gasteiger partial charge in [0.25, 0.3) is 5.69 Å². The van der Waals surface area contributed by atoms with Gasteiger partial charge < -0.3 is 10.5 Å². The van der Waals surface area contributed by atoms with Crippen LogP contribution in [0, 0.1) is 10.1 Å². The van der Waals surface area contributed by atoms with Crippen molar-refractivity contribution in [3.63, 3.8) is 0 Å². The van der Waals surface area contributed by atoms with Crippen LogP contribution in [0.5, 0.6) is 5.75 Å². The lowest BCUT2D eigenvalue weighted by Crippen LogP contribution is -2.07. The third-order valence-corrected chi connectivity index (χ3v) is 4.03. The van der Waals surface area contributed by atoms with Crippen LogP contribution in [-0.2, 0) is 12.3 Å². The van der Waals surface area contributed by atoms with Gasteiger partial charge in [0.05, 0.1) is 18.6 Å². The number of ether oxygens (including phenoxy) is 1. The zero-order valence-corrected chi connectivity index (χ0v) is 13.5. The molecule has 0 aromatic heterocycles. The molecule has 2 N–H and O–H groups in total. The van der Waals surface area contributed by atoms with Crippen LogP contribution in [0.25, 0.3) is 0 Å². The van der Waals surface area contributed by atoms with Gasteiger partial charge in [-0.05, 0) is 11.6 Å². The summed E-state index contributed by atoms with van der Waals surface area (Å²) in [6.45, 7) is 0.448. The van der Waals surface area contributed by atoms with Crippen molar-refractivity contribution in [3.05, 3.63) is 69.8 Å². The van der Waals surface area contributed by atoms with Crippen LogP contribution < -0.4 is 10.5 Å². The number of hydrogen-bond acceptors (Lipinski definition) is 5. The van der Waals surface area contributed by atoms with Gasteiger partial charge in [-0.25, -0.2) is 0 Å². The van der Waals surface area contributed by atoms with Gasteiger partial charge in [-0.3, -0.25) is 15.1 Å². The summed E-state index contributed by atoms with van der Waals surface area (Å²) in [6.07, 6.45) is 0. The van der Waals surface area contributed by atoms with Gasteiger partial charge in [0.2, 0.25) is 0 Å². The highest BCUT2D eigenvalue weighted by atomic mass is 32.2. The molecule has 0 bridgehead atoms. The monoisotopic (exact) mass is 331 g/mol. The van der Waals surface area contributed by atoms with Gasteiger partial charge in [-0.15, -0.1) is 0 Å². The van der Waals surface area contributed by atoms with Gasteiger partial charge in [0, 0.05) is 23.4 Å². The van der Waals surface area contributed by atoms with Crippen molar-refractivity contribution in [1.82, 2.24) is 0 Å². The van der Waals surface area contributed by atoms with E-state index in [1.165, 1.54) is 23.9 Å². The standard InChI is InChI=1S/C16H17N3O3S/c1-22-15-5-3-2-4-13(15)10-18-16(17)23-11-12-6-8-14(9-7-12)19(20)21/h2-9H,10-11H2,1H3,(H2,17,18). The van der Waals surface area contributed by atoms with Crippen molar-refractivity contribution in [3.8, 4) is 5.75 Å². The first-order valence-corrected chi connectivity index (χ1v) is 7.86. The lowest BCUT2D eigenvalue weighted by atomic mass is 10.2. The van der Waals surface area contributed by atoms with Crippen molar-refractivity contribution < 1.29 is 9.66 Å². The second-order valence-corrected chi connectivity index (χ2v) is 5.67. The fourth-order valence-electron chi connectivity index (χ4n) is 1.91. The lowest BCUT2D eigenvalue weighted by molar-refractivity contribution is -0.384. The Kier molecular flexibility index (Phi) is 5.99. The summed E-state index contributed by atoms with van der Waals surface area (Å²) in [5, 5.41) is 11.1. The lowest BCUT2D eigenvalue weighted by Gasteiger charge is -2.06. The minimum absolute atomic E-state index is 0.0801. The number of nitro benzene ring substituents is 1. The number of rotatable bonds is 6. The number of nitro groups is 1. The minimum Gasteiger partial charge on any atom is -0.496 e. The average Bonchev–Trinajstić information content (AvgIpc) is 2.58. The van der Waals surface area contributed by atoms with Crippen molar-refractivity contribution in [1.29, 1.82) is 0 Å². The molecule has 0 amide bonds. The molecule has 2 aromatic rings. The SMILES string of the molecule is COc1ccccc1CN=C(N)SCc1ccc([N+](=O)[O-])cc1. The van der Waals surface area contributed by atoms with Gasteiger partial charge in [0.1, 0.15) is 5.75 Å². The Morgan fingerprint density at radius 1 is 1.26 bits per heavy atom. The number of benzene rings is 2. The van der Waals surface area contributed by atoms with Gasteiger partial charge in [0.15, 0.2) is 5.17 Å². The summed E-state index contributed by atoms with van der Waals surface area (Å²) in [4.78, 5) is 14.5. The number of hydrogen-bond donors (Lipinski definition) is 1. The van der Waals surface area contributed by atoms with Gasteiger partial charge in [-0.2, -0.15) is 0 Å². The molecule has 0 radical (unpaired) electrons. The van der Waals surface area contributed by atoms with Crippen molar-refractivity contribution in [2.45, 2.75) is 12.3 Å². The first kappa shape index (κ1) is 16.8. The first-order valence-electron chi connectivity index (χ1n) is 6.88. The van der Waals surface area contributed by atoms with Crippen LogP contribution in [0.3, 0.4) is 0 Å². The molecule has 0 saturated carbocycles. The Labute approximate surface area is 138 Å². The number of nitrogens with two attached hydrogens (primary N) is 1. The molecule has 0 heterocycles. The second-order valence-electron chi connectivity index (χ2n) is 4.68. The molecule has 6 nitrogen and oxygen atoms in total. The van der Waals surface area contributed by atoms with Crippen LogP contribution in [0.1, 0.15) is 11.1 Å². The zero-order valence-electron chi connectivity index (χ0n) is 12.6. The van der Waals surface area contributed by atoms with E-state index < -0.39 is 4.92 Å². The molecule has 2 rings (SSSR count). The molecule has 0 fully saturated rings. The van der Waals surface area contributed by atoms with Crippen molar-refractivity contribution >= 4 is 22.6 Å². The van der Waals surface area contributed by atoms with Gasteiger partial charge in [-0.1, -0.05) is 42.1 Å². The minimum atomic E-state index is -0.417. The Morgan fingerprint density at radius 3 is 2.61 bits per heavy atom. The Balaban J connectivity index is 1.91. The number of non-ortho nitro benzene ring substituents is 1. The Bertz CT molecular complexity index is 702. The number of para-hydroxylation sites is 1. The molecule has 0 aliphatic heterocycles. The van der Waals surface area contributed by atoms with E-state index in [9.17, 15) is 10.1 Å². The predicted octanol–water partition coefficient (Wildman–Crippen LogP) is 3.35. The molecule has 0 saturated heterocycles. The quantitative estimate of drug-likeness (QED) is 0.379. The van der Waals surface area contributed by atoms with E-state index in [0.29, 0.717) is 17.5 Å². The predicted molar refractivity (Wildman–Crippen MR) is 92.7 cm³/mol. The van der Waals surface area contributed by atoms with E-state index in [0.717, 1.165) is 16.9 Å². The third-order valence-electron chi connectivity index (χ3n) is 3.13. The van der Waals surface area contributed by atoms with Crippen LogP contribution >= 0.6 is 11.8 Å². The first-order chi connectivity index (χ1) is 11.1. The zero-order chi connectivity index (χ0) is 16.7. The van der Waals surface area contributed by atoms with Crippen LogP contribution in [-0.4, -0.2) is 17.2 Å². The smallest absolute Gasteiger partial charge is 0.269 e. The van der Waals surface area contributed by atoms with E-state index in [1.807, 2.05) is 24.3 Å².